The van der Waals surface area contributed by atoms with Crippen molar-refractivity contribution in [2.24, 2.45) is 0 Å². The molecule has 2 N–H and O–H groups in total. The lowest BCUT2D eigenvalue weighted by Gasteiger charge is -2.18. The number of nitrogens with one attached hydrogen (secondary N) is 2. The summed E-state index contributed by atoms with van der Waals surface area (Å²) in [5, 5.41) is 6.17. The molecule has 0 heterocycles. The minimum atomic E-state index is -0.461. The highest BCUT2D eigenvalue weighted by Crippen LogP contribution is 2.26. The molecule has 2 aromatic carbocycles. The molecule has 0 radical (unpaired) electrons. The van der Waals surface area contributed by atoms with Crippen LogP contribution in [0.1, 0.15) is 24.9 Å². The van der Waals surface area contributed by atoms with Gasteiger partial charge in [0.2, 0.25) is 11.8 Å². The van der Waals surface area contributed by atoms with Crippen LogP contribution in [-0.4, -0.2) is 26.0 Å². The Bertz CT molecular complexity index is 755. The van der Waals surface area contributed by atoms with Crippen LogP contribution < -0.4 is 20.1 Å². The van der Waals surface area contributed by atoms with E-state index in [4.69, 9.17) is 21.1 Å². The first-order valence-electron chi connectivity index (χ1n) is 7.96. The number of benzene rings is 2. The summed E-state index contributed by atoms with van der Waals surface area (Å²) in [5.41, 5.74) is 1.34. The van der Waals surface area contributed by atoms with E-state index in [1.54, 1.807) is 42.5 Å². The molecule has 0 aromatic heterocycles. The third kappa shape index (κ3) is 5.67. The van der Waals surface area contributed by atoms with Crippen molar-refractivity contribution in [3.63, 3.8) is 0 Å². The van der Waals surface area contributed by atoms with E-state index >= 15 is 0 Å². The normalized spacial score (nSPS) is 11.4. The van der Waals surface area contributed by atoms with E-state index in [1.165, 1.54) is 21.1 Å². The standard InChI is InChI=1S/C19H21ClN2O4/c1-12(23)21-18(13-4-6-14(20)7-5-13)11-19(24)22-15-8-16(25-2)10-17(9-15)26-3/h4-10,18H,11H2,1-3H3,(H,21,23)(H,22,24). The van der Waals surface area contributed by atoms with Crippen LogP contribution in [-0.2, 0) is 9.59 Å². The molecule has 0 aliphatic carbocycles. The van der Waals surface area contributed by atoms with Crippen molar-refractivity contribution < 1.29 is 19.1 Å². The second kappa shape index (κ2) is 9.10. The molecule has 6 nitrogen and oxygen atoms in total. The Morgan fingerprint density at radius 2 is 1.62 bits per heavy atom. The number of hydrogen-bond acceptors (Lipinski definition) is 4. The van der Waals surface area contributed by atoms with E-state index < -0.39 is 6.04 Å². The molecule has 1 unspecified atom stereocenters. The predicted molar refractivity (Wildman–Crippen MR) is 101 cm³/mol. The molecule has 2 rings (SSSR count). The average Bonchev–Trinajstić information content (AvgIpc) is 2.60. The van der Waals surface area contributed by atoms with E-state index in [9.17, 15) is 9.59 Å². The lowest BCUT2D eigenvalue weighted by molar-refractivity contribution is -0.120. The van der Waals surface area contributed by atoms with Crippen LogP contribution in [0.25, 0.3) is 0 Å². The first kappa shape index (κ1) is 19.6. The quantitative estimate of drug-likeness (QED) is 0.774. The zero-order valence-electron chi connectivity index (χ0n) is 14.8. The molecule has 0 saturated carbocycles. The molecule has 2 aromatic rings. The Morgan fingerprint density at radius 1 is 1.04 bits per heavy atom. The Morgan fingerprint density at radius 3 is 2.12 bits per heavy atom. The van der Waals surface area contributed by atoms with Gasteiger partial charge in [-0.25, -0.2) is 0 Å². The summed E-state index contributed by atoms with van der Waals surface area (Å²) in [5.74, 6) is 0.654. The van der Waals surface area contributed by atoms with Crippen molar-refractivity contribution in [1.82, 2.24) is 5.32 Å². The van der Waals surface area contributed by atoms with Gasteiger partial charge in [0.1, 0.15) is 11.5 Å². The van der Waals surface area contributed by atoms with Crippen LogP contribution in [0, 0.1) is 0 Å². The minimum absolute atomic E-state index is 0.0702. The number of carbonyl (C=O) groups excluding carboxylic acids is 2. The maximum atomic E-state index is 12.5. The van der Waals surface area contributed by atoms with Crippen LogP contribution >= 0.6 is 11.6 Å². The Hall–Kier alpha value is -2.73. The predicted octanol–water partition coefficient (Wildman–Crippen LogP) is 3.56. The van der Waals surface area contributed by atoms with Crippen LogP contribution in [0.15, 0.2) is 42.5 Å². The molecule has 0 spiro atoms. The van der Waals surface area contributed by atoms with Gasteiger partial charge in [0, 0.05) is 35.8 Å². The number of hydrogen-bond donors (Lipinski definition) is 2. The summed E-state index contributed by atoms with van der Waals surface area (Å²) in [6.45, 7) is 1.41. The van der Waals surface area contributed by atoms with E-state index in [0.717, 1.165) is 5.56 Å². The summed E-state index contributed by atoms with van der Waals surface area (Å²) < 4.78 is 10.4. The fourth-order valence-electron chi connectivity index (χ4n) is 2.47. The Kier molecular flexibility index (Phi) is 6.86. The summed E-state index contributed by atoms with van der Waals surface area (Å²) in [7, 11) is 3.07. The summed E-state index contributed by atoms with van der Waals surface area (Å²) in [6, 6.07) is 11.6. The van der Waals surface area contributed by atoms with Crippen LogP contribution in [0.3, 0.4) is 0 Å². The zero-order chi connectivity index (χ0) is 19.1. The van der Waals surface area contributed by atoms with Crippen molar-refractivity contribution in [2.75, 3.05) is 19.5 Å². The van der Waals surface area contributed by atoms with Crippen molar-refractivity contribution in [2.45, 2.75) is 19.4 Å². The monoisotopic (exact) mass is 376 g/mol. The highest BCUT2D eigenvalue weighted by atomic mass is 35.5. The summed E-state index contributed by atoms with van der Waals surface area (Å²) in [4.78, 5) is 24.0. The molecule has 0 saturated heterocycles. The molecule has 0 aliphatic heterocycles. The highest BCUT2D eigenvalue weighted by molar-refractivity contribution is 6.30. The third-order valence-corrected chi connectivity index (χ3v) is 3.93. The fourth-order valence-corrected chi connectivity index (χ4v) is 2.60. The lowest BCUT2D eigenvalue weighted by Crippen LogP contribution is -2.29. The molecule has 0 bridgehead atoms. The number of anilines is 1. The first-order valence-corrected chi connectivity index (χ1v) is 8.34. The maximum Gasteiger partial charge on any atom is 0.226 e. The second-order valence-corrected chi connectivity index (χ2v) is 6.09. The summed E-state index contributed by atoms with van der Waals surface area (Å²) >= 11 is 5.90. The number of rotatable bonds is 7. The highest BCUT2D eigenvalue weighted by Gasteiger charge is 2.17. The smallest absolute Gasteiger partial charge is 0.226 e. The summed E-state index contributed by atoms with van der Waals surface area (Å²) in [6.07, 6.45) is 0.0702. The molecule has 1 atom stereocenters. The van der Waals surface area contributed by atoms with Crippen LogP contribution in [0.5, 0.6) is 11.5 Å². The van der Waals surface area contributed by atoms with E-state index in [2.05, 4.69) is 10.6 Å². The second-order valence-electron chi connectivity index (χ2n) is 5.66. The van der Waals surface area contributed by atoms with Crippen molar-refractivity contribution in [3.8, 4) is 11.5 Å². The van der Waals surface area contributed by atoms with Gasteiger partial charge >= 0.3 is 0 Å². The molecule has 2 amide bonds. The molecule has 26 heavy (non-hydrogen) atoms. The van der Waals surface area contributed by atoms with Gasteiger partial charge in [-0.3, -0.25) is 9.59 Å². The fraction of sp³-hybridized carbons (Fsp3) is 0.263. The SMILES string of the molecule is COc1cc(NC(=O)CC(NC(C)=O)c2ccc(Cl)cc2)cc(OC)c1. The average molecular weight is 377 g/mol. The van der Waals surface area contributed by atoms with Gasteiger partial charge in [-0.2, -0.15) is 0 Å². The molecule has 0 fully saturated rings. The van der Waals surface area contributed by atoms with Crippen LogP contribution in [0.2, 0.25) is 5.02 Å². The lowest BCUT2D eigenvalue weighted by atomic mass is 10.0. The van der Waals surface area contributed by atoms with Crippen LogP contribution in [0.4, 0.5) is 5.69 Å². The number of carbonyl (C=O) groups is 2. The topological polar surface area (TPSA) is 76.7 Å². The molecular weight excluding hydrogens is 356 g/mol. The third-order valence-electron chi connectivity index (χ3n) is 3.67. The van der Waals surface area contributed by atoms with Crippen molar-refractivity contribution >= 4 is 29.1 Å². The van der Waals surface area contributed by atoms with Gasteiger partial charge in [-0.1, -0.05) is 23.7 Å². The first-order chi connectivity index (χ1) is 12.4. The number of amides is 2. The Balaban J connectivity index is 2.14. The largest absolute Gasteiger partial charge is 0.497 e. The van der Waals surface area contributed by atoms with E-state index in [-0.39, 0.29) is 18.2 Å². The minimum Gasteiger partial charge on any atom is -0.497 e. The molecule has 7 heteroatoms. The van der Waals surface area contributed by atoms with Gasteiger partial charge in [-0.05, 0) is 17.7 Å². The van der Waals surface area contributed by atoms with Gasteiger partial charge in [0.15, 0.2) is 0 Å². The number of methoxy groups -OCH3 is 2. The maximum absolute atomic E-state index is 12.5. The zero-order valence-corrected chi connectivity index (χ0v) is 15.6. The molecular formula is C19H21ClN2O4. The van der Waals surface area contributed by atoms with Gasteiger partial charge in [-0.15, -0.1) is 0 Å². The van der Waals surface area contributed by atoms with E-state index in [0.29, 0.717) is 22.2 Å². The van der Waals surface area contributed by atoms with Gasteiger partial charge in [0.05, 0.1) is 26.7 Å². The van der Waals surface area contributed by atoms with Crippen molar-refractivity contribution in [1.29, 1.82) is 0 Å². The molecule has 0 aliphatic rings. The van der Waals surface area contributed by atoms with Gasteiger partial charge in [0.25, 0.3) is 0 Å². The van der Waals surface area contributed by atoms with Crippen molar-refractivity contribution in [3.05, 3.63) is 53.1 Å². The number of ether oxygens (including phenoxy) is 2. The number of halogens is 1. The Labute approximate surface area is 157 Å². The molecule has 138 valence electrons. The van der Waals surface area contributed by atoms with E-state index in [1.807, 2.05) is 0 Å². The van der Waals surface area contributed by atoms with Gasteiger partial charge < -0.3 is 20.1 Å².